The topological polar surface area (TPSA) is 94.9 Å². The maximum absolute atomic E-state index is 13.6. The third-order valence-electron chi connectivity index (χ3n) is 7.81. The van der Waals surface area contributed by atoms with E-state index >= 15 is 0 Å². The van der Waals surface area contributed by atoms with Crippen LogP contribution in [0.3, 0.4) is 0 Å². The molecule has 0 bridgehead atoms. The van der Waals surface area contributed by atoms with Crippen LogP contribution in [0.5, 0.6) is 0 Å². The summed E-state index contributed by atoms with van der Waals surface area (Å²) in [6, 6.07) is 9.12. The Morgan fingerprint density at radius 1 is 1.08 bits per heavy atom. The first-order valence-electron chi connectivity index (χ1n) is 12.8. The van der Waals surface area contributed by atoms with Gasteiger partial charge in [0.1, 0.15) is 5.82 Å². The summed E-state index contributed by atoms with van der Waals surface area (Å²) in [4.78, 5) is 25.8. The number of nitrogens with zero attached hydrogens (tertiary/aromatic N) is 7. The van der Waals surface area contributed by atoms with E-state index in [9.17, 15) is 22.0 Å². The Kier molecular flexibility index (Phi) is 5.83. The summed E-state index contributed by atoms with van der Waals surface area (Å²) >= 11 is 0. The van der Waals surface area contributed by atoms with E-state index in [1.807, 2.05) is 19.1 Å². The van der Waals surface area contributed by atoms with Crippen molar-refractivity contribution in [2.45, 2.75) is 19.3 Å². The molecule has 0 radical (unpaired) electrons. The molecule has 0 N–H and O–H groups in total. The number of alkyl halides is 2. The lowest BCUT2D eigenvalue weighted by Gasteiger charge is -2.35. The summed E-state index contributed by atoms with van der Waals surface area (Å²) < 4.78 is 57.1. The molecule has 1 amide bonds. The molecule has 13 heteroatoms. The van der Waals surface area contributed by atoms with Gasteiger partial charge in [-0.3, -0.25) is 13.4 Å². The number of rotatable bonds is 5. The smallest absolute Gasteiger partial charge is 0.326 e. The molecule has 2 fully saturated rings. The maximum atomic E-state index is 13.6. The van der Waals surface area contributed by atoms with Gasteiger partial charge in [-0.25, -0.2) is 18.7 Å². The molecule has 1 unspecified atom stereocenters. The van der Waals surface area contributed by atoms with Crippen molar-refractivity contribution in [3.05, 3.63) is 54.1 Å². The highest BCUT2D eigenvalue weighted by atomic mass is 32.2. The molecule has 10 nitrogen and oxygen atoms in total. The second kappa shape index (κ2) is 8.90. The van der Waals surface area contributed by atoms with Gasteiger partial charge in [0.2, 0.25) is 0 Å². The van der Waals surface area contributed by atoms with Crippen LogP contribution in [0.15, 0.2) is 42.7 Å². The fourth-order valence-corrected chi connectivity index (χ4v) is 6.69. The fourth-order valence-electron chi connectivity index (χ4n) is 5.23. The highest BCUT2D eigenvalue weighted by Crippen LogP contribution is 2.51. The van der Waals surface area contributed by atoms with E-state index in [4.69, 9.17) is 4.98 Å². The number of halogens is 2. The first-order valence-corrected chi connectivity index (χ1v) is 14.1. The Morgan fingerprint density at radius 2 is 1.79 bits per heavy atom. The van der Waals surface area contributed by atoms with E-state index in [-0.39, 0.29) is 18.9 Å². The predicted molar refractivity (Wildman–Crippen MR) is 143 cm³/mol. The Bertz CT molecular complexity index is 1570. The summed E-state index contributed by atoms with van der Waals surface area (Å²) in [5.41, 5.74) is 3.19. The Labute approximate surface area is 225 Å². The SMILES string of the molecule is Cc1ccc(N2CCN(C(=O)c3nccn3C)CC2)nc1-c1ccc2c(c1)N(C)S(=O)(=O)N2CC1CC1(F)F. The zero-order valence-electron chi connectivity index (χ0n) is 21.9. The number of fused-ring (bicyclic) bond motifs is 1. The van der Waals surface area contributed by atoms with Crippen LogP contribution >= 0.6 is 0 Å². The lowest BCUT2D eigenvalue weighted by atomic mass is 10.0. The Balaban J connectivity index is 1.23. The number of hydrogen-bond donors (Lipinski definition) is 0. The number of anilines is 3. The van der Waals surface area contributed by atoms with Gasteiger partial charge in [0, 0.05) is 77.1 Å². The molecule has 3 aliphatic rings. The Morgan fingerprint density at radius 3 is 2.44 bits per heavy atom. The molecular weight excluding hydrogens is 528 g/mol. The molecule has 39 heavy (non-hydrogen) atoms. The van der Waals surface area contributed by atoms with Crippen molar-refractivity contribution in [2.75, 3.05) is 53.3 Å². The van der Waals surface area contributed by atoms with E-state index in [2.05, 4.69) is 9.88 Å². The van der Waals surface area contributed by atoms with Crippen molar-refractivity contribution in [1.82, 2.24) is 19.4 Å². The van der Waals surface area contributed by atoms with Gasteiger partial charge in [-0.15, -0.1) is 0 Å². The van der Waals surface area contributed by atoms with Gasteiger partial charge in [-0.2, -0.15) is 8.42 Å². The molecule has 4 heterocycles. The van der Waals surface area contributed by atoms with Crippen molar-refractivity contribution >= 4 is 33.3 Å². The number of carbonyl (C=O) groups excluding carboxylic acids is 1. The summed E-state index contributed by atoms with van der Waals surface area (Å²) in [5, 5.41) is 0. The van der Waals surface area contributed by atoms with Crippen LogP contribution < -0.4 is 13.5 Å². The minimum absolute atomic E-state index is 0.101. The van der Waals surface area contributed by atoms with Crippen LogP contribution in [-0.2, 0) is 17.3 Å². The number of imidazole rings is 1. The average molecular weight is 558 g/mol. The largest absolute Gasteiger partial charge is 0.353 e. The number of piperazine rings is 1. The molecule has 6 rings (SSSR count). The fraction of sp³-hybridized carbons (Fsp3) is 0.423. The van der Waals surface area contributed by atoms with Crippen LogP contribution in [-0.4, -0.2) is 79.5 Å². The molecular formula is C26H29F2N7O3S. The van der Waals surface area contributed by atoms with Crippen LogP contribution in [0, 0.1) is 12.8 Å². The molecule has 0 spiro atoms. The van der Waals surface area contributed by atoms with Crippen molar-refractivity contribution in [2.24, 2.45) is 13.0 Å². The summed E-state index contributed by atoms with van der Waals surface area (Å²) in [7, 11) is -0.698. The second-order valence-corrected chi connectivity index (χ2v) is 12.2. The van der Waals surface area contributed by atoms with E-state index in [1.54, 1.807) is 47.1 Å². The van der Waals surface area contributed by atoms with Gasteiger partial charge >= 0.3 is 10.2 Å². The molecule has 1 aromatic carbocycles. The van der Waals surface area contributed by atoms with Crippen LogP contribution in [0.1, 0.15) is 22.6 Å². The molecule has 1 aliphatic carbocycles. The van der Waals surface area contributed by atoms with Crippen molar-refractivity contribution < 1.29 is 22.0 Å². The molecule has 2 aliphatic heterocycles. The van der Waals surface area contributed by atoms with Gasteiger partial charge < -0.3 is 14.4 Å². The molecule has 206 valence electrons. The first kappa shape index (κ1) is 25.5. The van der Waals surface area contributed by atoms with Gasteiger partial charge in [0.25, 0.3) is 11.8 Å². The van der Waals surface area contributed by atoms with Gasteiger partial charge in [0.15, 0.2) is 5.82 Å². The monoisotopic (exact) mass is 557 g/mol. The Hall–Kier alpha value is -3.74. The highest BCUT2D eigenvalue weighted by molar-refractivity contribution is 7.94. The van der Waals surface area contributed by atoms with Gasteiger partial charge in [0.05, 0.1) is 17.1 Å². The lowest BCUT2D eigenvalue weighted by molar-refractivity contribution is 0.0730. The average Bonchev–Trinajstić information content (AvgIpc) is 3.21. The van der Waals surface area contributed by atoms with Gasteiger partial charge in [-0.05, 0) is 30.7 Å². The second-order valence-electron chi connectivity index (χ2n) is 10.3. The van der Waals surface area contributed by atoms with Crippen molar-refractivity contribution in [1.29, 1.82) is 0 Å². The number of pyridine rings is 1. The number of benzene rings is 1. The van der Waals surface area contributed by atoms with E-state index < -0.39 is 22.0 Å². The molecule has 1 atom stereocenters. The predicted octanol–water partition coefficient (Wildman–Crippen LogP) is 2.91. The highest BCUT2D eigenvalue weighted by Gasteiger charge is 2.59. The van der Waals surface area contributed by atoms with E-state index in [0.717, 1.165) is 25.6 Å². The molecule has 1 saturated heterocycles. The zero-order valence-corrected chi connectivity index (χ0v) is 22.7. The van der Waals surface area contributed by atoms with E-state index in [0.29, 0.717) is 49.1 Å². The third-order valence-corrected chi connectivity index (χ3v) is 9.60. The molecule has 1 saturated carbocycles. The standard InChI is InChI=1S/C26H29F2N7O3S/c1-17-4-7-22(33-10-12-34(13-11-33)25(36)24-29-8-9-31(24)2)30-23(17)18-5-6-20-21(14-18)32(3)39(37,38)35(20)16-19-15-26(19,27)28/h4-9,14,19H,10-13,15-16H2,1-3H3. The number of aryl methyl sites for hydroxylation is 2. The molecule has 3 aromatic rings. The molecule has 2 aromatic heterocycles. The van der Waals surface area contributed by atoms with Crippen molar-refractivity contribution in [3.63, 3.8) is 0 Å². The van der Waals surface area contributed by atoms with E-state index in [1.165, 1.54) is 7.05 Å². The number of aromatic nitrogens is 3. The minimum Gasteiger partial charge on any atom is -0.353 e. The number of carbonyl (C=O) groups is 1. The minimum atomic E-state index is -3.93. The quantitative estimate of drug-likeness (QED) is 0.479. The van der Waals surface area contributed by atoms with Crippen LogP contribution in [0.2, 0.25) is 0 Å². The zero-order chi connectivity index (χ0) is 27.7. The van der Waals surface area contributed by atoms with Crippen molar-refractivity contribution in [3.8, 4) is 11.3 Å². The number of amides is 1. The number of hydrogen-bond acceptors (Lipinski definition) is 6. The summed E-state index contributed by atoms with van der Waals surface area (Å²) in [6.07, 6.45) is 3.06. The van der Waals surface area contributed by atoms with Crippen LogP contribution in [0.25, 0.3) is 11.3 Å². The maximum Gasteiger partial charge on any atom is 0.326 e. The van der Waals surface area contributed by atoms with Gasteiger partial charge in [-0.1, -0.05) is 12.1 Å². The first-order chi connectivity index (χ1) is 18.5. The normalized spacial score (nSPS) is 21.3. The summed E-state index contributed by atoms with van der Waals surface area (Å²) in [5.74, 6) is -2.70. The van der Waals surface area contributed by atoms with Crippen LogP contribution in [0.4, 0.5) is 26.0 Å². The third kappa shape index (κ3) is 4.28. The summed E-state index contributed by atoms with van der Waals surface area (Å²) in [6.45, 7) is 3.98. The lowest BCUT2D eigenvalue weighted by Crippen LogP contribution is -2.49.